The molecule has 2 N–H and O–H groups in total. The summed E-state index contributed by atoms with van der Waals surface area (Å²) < 4.78 is 0. The lowest BCUT2D eigenvalue weighted by atomic mass is 9.71. The summed E-state index contributed by atoms with van der Waals surface area (Å²) in [6, 6.07) is 26.3. The third-order valence-electron chi connectivity index (χ3n) is 7.40. The zero-order valence-corrected chi connectivity index (χ0v) is 18.6. The van der Waals surface area contributed by atoms with Crippen molar-refractivity contribution >= 4 is 11.6 Å². The van der Waals surface area contributed by atoms with E-state index in [1.807, 2.05) is 60.7 Å². The third-order valence-corrected chi connectivity index (χ3v) is 7.40. The maximum absolute atomic E-state index is 13.5. The van der Waals surface area contributed by atoms with E-state index in [0.29, 0.717) is 19.3 Å². The first-order valence-corrected chi connectivity index (χ1v) is 11.5. The highest BCUT2D eigenvalue weighted by Gasteiger charge is 2.49. The van der Waals surface area contributed by atoms with Crippen molar-refractivity contribution in [1.82, 2.24) is 4.90 Å². The zero-order chi connectivity index (χ0) is 22.2. The molecular weight excluding hydrogens is 396 g/mol. The number of carbonyl (C=O) groups is 1. The molecule has 1 fully saturated rings. The van der Waals surface area contributed by atoms with Crippen LogP contribution in [0.4, 0.5) is 5.69 Å². The molecule has 2 aliphatic heterocycles. The summed E-state index contributed by atoms with van der Waals surface area (Å²) in [5.41, 5.74) is 3.77. The number of likely N-dealkylation sites (tertiary alicyclic amines) is 1. The summed E-state index contributed by atoms with van der Waals surface area (Å²) in [5.74, 6) is 0.0609. The molecule has 0 aliphatic carbocycles. The average Bonchev–Trinajstić information content (AvgIpc) is 3.13. The number of aryl methyl sites for hydroxylation is 1. The van der Waals surface area contributed by atoms with E-state index in [1.165, 1.54) is 0 Å². The molecule has 4 heteroatoms. The number of carbonyl (C=O) groups excluding carboxylic acids is 1. The van der Waals surface area contributed by atoms with E-state index in [0.717, 1.165) is 47.6 Å². The molecule has 1 amide bonds. The molecule has 0 bridgehead atoms. The average molecular weight is 427 g/mol. The Morgan fingerprint density at radius 1 is 0.875 bits per heavy atom. The summed E-state index contributed by atoms with van der Waals surface area (Å²) in [6.07, 6.45) is 2.12. The Bertz CT molecular complexity index is 1100. The molecule has 0 radical (unpaired) electrons. The van der Waals surface area contributed by atoms with Crippen LogP contribution < -0.4 is 5.32 Å². The van der Waals surface area contributed by atoms with Crippen LogP contribution in [0.5, 0.6) is 0 Å². The third kappa shape index (κ3) is 3.44. The molecule has 2 heterocycles. The van der Waals surface area contributed by atoms with Crippen LogP contribution in [-0.4, -0.2) is 35.5 Å². The number of rotatable bonds is 5. The number of hydrogen-bond acceptors (Lipinski definition) is 3. The number of aliphatic hydroxyl groups is 1. The van der Waals surface area contributed by atoms with Gasteiger partial charge in [0.15, 0.2) is 0 Å². The SMILES string of the molecule is Cc1cccc2c1C(CCN1CCC(O)(c3ccccc3)CC1)(c1ccccc1)C(=O)N2. The highest BCUT2D eigenvalue weighted by molar-refractivity contribution is 6.09. The van der Waals surface area contributed by atoms with E-state index in [2.05, 4.69) is 35.3 Å². The number of benzene rings is 3. The molecular formula is C28H30N2O2. The van der Waals surface area contributed by atoms with E-state index in [1.54, 1.807) is 0 Å². The van der Waals surface area contributed by atoms with Gasteiger partial charge < -0.3 is 15.3 Å². The Balaban J connectivity index is 1.39. The van der Waals surface area contributed by atoms with Crippen molar-refractivity contribution in [1.29, 1.82) is 0 Å². The van der Waals surface area contributed by atoms with Gasteiger partial charge in [0.1, 0.15) is 5.41 Å². The van der Waals surface area contributed by atoms with Gasteiger partial charge in [-0.05, 0) is 61.1 Å². The molecule has 1 unspecified atom stereocenters. The van der Waals surface area contributed by atoms with E-state index in [9.17, 15) is 9.90 Å². The standard InChI is InChI=1S/C28H30N2O2/c1-21-9-8-14-24-25(21)28(26(31)29-24,23-12-6-3-7-13-23)17-20-30-18-15-27(32,16-19-30)22-10-4-2-5-11-22/h2-14,32H,15-20H2,1H3,(H,29,31). The maximum Gasteiger partial charge on any atom is 0.239 e. The molecule has 3 aromatic rings. The van der Waals surface area contributed by atoms with E-state index in [4.69, 9.17) is 0 Å². The first-order valence-electron chi connectivity index (χ1n) is 11.5. The molecule has 1 atom stereocenters. The smallest absolute Gasteiger partial charge is 0.239 e. The van der Waals surface area contributed by atoms with Crippen LogP contribution in [0.3, 0.4) is 0 Å². The molecule has 0 spiro atoms. The minimum atomic E-state index is -0.761. The van der Waals surface area contributed by atoms with Crippen molar-refractivity contribution in [2.75, 3.05) is 25.0 Å². The Kier molecular flexibility index (Phi) is 5.36. The molecule has 32 heavy (non-hydrogen) atoms. The van der Waals surface area contributed by atoms with Gasteiger partial charge in [0.25, 0.3) is 0 Å². The van der Waals surface area contributed by atoms with Crippen LogP contribution in [0.2, 0.25) is 0 Å². The van der Waals surface area contributed by atoms with Crippen LogP contribution in [0.15, 0.2) is 78.9 Å². The van der Waals surface area contributed by atoms with Crippen molar-refractivity contribution in [2.24, 2.45) is 0 Å². The molecule has 3 aromatic carbocycles. The minimum absolute atomic E-state index is 0.0609. The summed E-state index contributed by atoms with van der Waals surface area (Å²) in [5, 5.41) is 14.3. The fourth-order valence-corrected chi connectivity index (χ4v) is 5.57. The number of nitrogens with zero attached hydrogens (tertiary/aromatic N) is 1. The second-order valence-corrected chi connectivity index (χ2v) is 9.21. The lowest BCUT2D eigenvalue weighted by Gasteiger charge is -2.40. The first kappa shape index (κ1) is 20.9. The largest absolute Gasteiger partial charge is 0.385 e. The zero-order valence-electron chi connectivity index (χ0n) is 18.6. The summed E-state index contributed by atoms with van der Waals surface area (Å²) >= 11 is 0. The number of piperidine rings is 1. The lowest BCUT2D eigenvalue weighted by Crippen LogP contribution is -2.45. The molecule has 0 saturated carbocycles. The Labute approximate surface area is 189 Å². The molecule has 0 aromatic heterocycles. The number of hydrogen-bond donors (Lipinski definition) is 2. The van der Waals surface area contributed by atoms with E-state index in [-0.39, 0.29) is 5.91 Å². The fraction of sp³-hybridized carbons (Fsp3) is 0.321. The topological polar surface area (TPSA) is 52.6 Å². The van der Waals surface area contributed by atoms with Gasteiger partial charge in [0.05, 0.1) is 5.60 Å². The Hall–Kier alpha value is -2.95. The monoisotopic (exact) mass is 426 g/mol. The molecule has 164 valence electrons. The van der Waals surface area contributed by atoms with Gasteiger partial charge in [-0.1, -0.05) is 72.8 Å². The molecule has 1 saturated heterocycles. The quantitative estimate of drug-likeness (QED) is 0.627. The maximum atomic E-state index is 13.5. The second-order valence-electron chi connectivity index (χ2n) is 9.21. The second kappa shape index (κ2) is 8.19. The van der Waals surface area contributed by atoms with Gasteiger partial charge in [0.2, 0.25) is 5.91 Å². The highest BCUT2D eigenvalue weighted by atomic mass is 16.3. The van der Waals surface area contributed by atoms with E-state index < -0.39 is 11.0 Å². The van der Waals surface area contributed by atoms with Crippen LogP contribution in [0.1, 0.15) is 41.5 Å². The lowest BCUT2D eigenvalue weighted by molar-refractivity contribution is -0.120. The first-order chi connectivity index (χ1) is 15.5. The summed E-state index contributed by atoms with van der Waals surface area (Å²) in [7, 11) is 0. The Morgan fingerprint density at radius 3 is 2.16 bits per heavy atom. The van der Waals surface area contributed by atoms with Gasteiger partial charge in [-0.25, -0.2) is 0 Å². The number of anilines is 1. The molecule has 2 aliphatic rings. The van der Waals surface area contributed by atoms with Gasteiger partial charge in [0, 0.05) is 18.8 Å². The van der Waals surface area contributed by atoms with Crippen molar-refractivity contribution < 1.29 is 9.90 Å². The van der Waals surface area contributed by atoms with Crippen molar-refractivity contribution in [3.05, 3.63) is 101 Å². The van der Waals surface area contributed by atoms with Crippen molar-refractivity contribution in [3.8, 4) is 0 Å². The fourth-order valence-electron chi connectivity index (χ4n) is 5.57. The molecule has 4 nitrogen and oxygen atoms in total. The summed E-state index contributed by atoms with van der Waals surface area (Å²) in [4.78, 5) is 15.9. The number of fused-ring (bicyclic) bond motifs is 1. The number of nitrogens with one attached hydrogen (secondary N) is 1. The van der Waals surface area contributed by atoms with Gasteiger partial charge in [-0.3, -0.25) is 4.79 Å². The predicted octanol–water partition coefficient (Wildman–Crippen LogP) is 4.61. The van der Waals surface area contributed by atoms with Gasteiger partial charge >= 0.3 is 0 Å². The van der Waals surface area contributed by atoms with Crippen LogP contribution in [0.25, 0.3) is 0 Å². The van der Waals surface area contributed by atoms with Crippen LogP contribution in [-0.2, 0) is 15.8 Å². The Morgan fingerprint density at radius 2 is 1.50 bits per heavy atom. The van der Waals surface area contributed by atoms with Gasteiger partial charge in [-0.2, -0.15) is 0 Å². The normalized spacial score (nSPS) is 22.4. The molecule has 5 rings (SSSR count). The van der Waals surface area contributed by atoms with Crippen molar-refractivity contribution in [2.45, 2.75) is 37.2 Å². The predicted molar refractivity (Wildman–Crippen MR) is 128 cm³/mol. The van der Waals surface area contributed by atoms with Gasteiger partial charge in [-0.15, -0.1) is 0 Å². The van der Waals surface area contributed by atoms with Crippen LogP contribution >= 0.6 is 0 Å². The van der Waals surface area contributed by atoms with Crippen LogP contribution in [0, 0.1) is 6.92 Å². The van der Waals surface area contributed by atoms with Crippen molar-refractivity contribution in [3.63, 3.8) is 0 Å². The minimum Gasteiger partial charge on any atom is -0.385 e. The summed E-state index contributed by atoms with van der Waals surface area (Å²) in [6.45, 7) is 4.54. The van der Waals surface area contributed by atoms with E-state index >= 15 is 0 Å². The highest BCUT2D eigenvalue weighted by Crippen LogP contribution is 2.47. The number of amides is 1.